The molecule has 0 N–H and O–H groups in total. The molecule has 2 aromatic carbocycles. The van der Waals surface area contributed by atoms with Crippen LogP contribution in [0.25, 0.3) is 16.9 Å². The predicted octanol–water partition coefficient (Wildman–Crippen LogP) is 8.27. The topological polar surface area (TPSA) is 27.7 Å². The van der Waals surface area contributed by atoms with Gasteiger partial charge in [0.2, 0.25) is 12.1 Å². The average Bonchev–Trinajstić information content (AvgIpc) is 2.89. The number of hydrogen-bond donors (Lipinski definition) is 0. The fourth-order valence-corrected chi connectivity index (χ4v) is 5.69. The van der Waals surface area contributed by atoms with Crippen LogP contribution in [-0.4, -0.2) is 20.0 Å². The minimum Gasteiger partial charge on any atom is -0.491 e. The molecule has 4 rings (SSSR count). The van der Waals surface area contributed by atoms with Crippen molar-refractivity contribution in [3.63, 3.8) is 0 Å². The predicted molar refractivity (Wildman–Crippen MR) is 131 cm³/mol. The Morgan fingerprint density at radius 1 is 0.833 bits per heavy atom. The molecule has 0 bridgehead atoms. The highest BCUT2D eigenvalue weighted by Gasteiger charge is 2.37. The third-order valence-corrected chi connectivity index (χ3v) is 7.58. The van der Waals surface area contributed by atoms with E-state index in [-0.39, 0.29) is 40.7 Å². The third kappa shape index (κ3) is 5.26. The normalized spacial score (nSPS) is 24.2. The zero-order chi connectivity index (χ0) is 25.8. The van der Waals surface area contributed by atoms with Crippen LogP contribution in [0, 0.1) is 41.0 Å². The summed E-state index contributed by atoms with van der Waals surface area (Å²) in [5.74, 6) is -3.69. The van der Waals surface area contributed by atoms with Crippen LogP contribution >= 0.6 is 0 Å². The van der Waals surface area contributed by atoms with Crippen LogP contribution in [0.5, 0.6) is 5.75 Å². The van der Waals surface area contributed by atoms with Crippen molar-refractivity contribution >= 4 is 5.76 Å². The maximum absolute atomic E-state index is 15.2. The maximum atomic E-state index is 15.2. The lowest BCUT2D eigenvalue weighted by atomic mass is 9.73. The van der Waals surface area contributed by atoms with E-state index < -0.39 is 29.6 Å². The number of benzene rings is 2. The second kappa shape index (κ2) is 11.7. The molecular weight excluding hydrogens is 472 g/mol. The minimum absolute atomic E-state index is 0.0739. The van der Waals surface area contributed by atoms with E-state index in [4.69, 9.17) is 14.2 Å². The van der Waals surface area contributed by atoms with E-state index in [0.717, 1.165) is 18.8 Å². The highest BCUT2D eigenvalue weighted by molar-refractivity contribution is 5.70. The van der Waals surface area contributed by atoms with E-state index in [0.29, 0.717) is 12.3 Å². The molecule has 1 heterocycles. The minimum atomic E-state index is -1.30. The van der Waals surface area contributed by atoms with Crippen LogP contribution in [0.3, 0.4) is 0 Å². The lowest BCUT2D eigenvalue weighted by molar-refractivity contribution is -0.134. The van der Waals surface area contributed by atoms with Crippen LogP contribution in [0.2, 0.25) is 0 Å². The standard InChI is InChI=1S/C29H34F4O3/c1-4-6-17-7-9-18(10-8-17)19-13-15-23(36-29(19)34-3)22-12-11-20(25(30)27(22)32)21-14-16-24(35-5-2)28(33)26(21)31/h11-12,14-19,29H,4-10,13H2,1-3H3. The van der Waals surface area contributed by atoms with Crippen LogP contribution in [0.1, 0.15) is 64.4 Å². The van der Waals surface area contributed by atoms with Gasteiger partial charge in [-0.1, -0.05) is 38.7 Å². The first-order valence-corrected chi connectivity index (χ1v) is 12.9. The smallest absolute Gasteiger partial charge is 0.202 e. The largest absolute Gasteiger partial charge is 0.491 e. The highest BCUT2D eigenvalue weighted by Crippen LogP contribution is 2.43. The highest BCUT2D eigenvalue weighted by atomic mass is 19.2. The molecule has 7 heteroatoms. The number of ether oxygens (including phenoxy) is 3. The summed E-state index contributed by atoms with van der Waals surface area (Å²) in [7, 11) is 1.56. The van der Waals surface area contributed by atoms with Crippen molar-refractivity contribution in [2.45, 2.75) is 65.1 Å². The van der Waals surface area contributed by atoms with Gasteiger partial charge in [0.15, 0.2) is 23.2 Å². The lowest BCUT2D eigenvalue weighted by Crippen LogP contribution is -2.35. The van der Waals surface area contributed by atoms with Gasteiger partial charge in [0.1, 0.15) is 5.76 Å². The van der Waals surface area contributed by atoms with E-state index in [2.05, 4.69) is 6.92 Å². The lowest BCUT2D eigenvalue weighted by Gasteiger charge is -2.39. The van der Waals surface area contributed by atoms with Crippen molar-refractivity contribution in [2.24, 2.45) is 17.8 Å². The van der Waals surface area contributed by atoms with Crippen molar-refractivity contribution < 1.29 is 31.8 Å². The Hall–Kier alpha value is -2.54. The first kappa shape index (κ1) is 26.5. The van der Waals surface area contributed by atoms with Crippen LogP contribution < -0.4 is 4.74 Å². The van der Waals surface area contributed by atoms with Crippen LogP contribution in [0.4, 0.5) is 17.6 Å². The van der Waals surface area contributed by atoms with Crippen molar-refractivity contribution in [1.29, 1.82) is 0 Å². The monoisotopic (exact) mass is 506 g/mol. The molecule has 2 aliphatic rings. The van der Waals surface area contributed by atoms with E-state index in [1.54, 1.807) is 20.1 Å². The van der Waals surface area contributed by atoms with Gasteiger partial charge in [0, 0.05) is 24.2 Å². The first-order chi connectivity index (χ1) is 17.4. The second-order valence-electron chi connectivity index (χ2n) is 9.72. The molecule has 0 radical (unpaired) electrons. The molecule has 2 atom stereocenters. The Morgan fingerprint density at radius 2 is 1.44 bits per heavy atom. The Kier molecular flexibility index (Phi) is 8.60. The number of hydrogen-bond acceptors (Lipinski definition) is 3. The quantitative estimate of drug-likeness (QED) is 0.337. The molecule has 0 spiro atoms. The van der Waals surface area contributed by atoms with Gasteiger partial charge in [-0.25, -0.2) is 13.2 Å². The summed E-state index contributed by atoms with van der Waals surface area (Å²) in [6.07, 6.45) is 8.96. The van der Waals surface area contributed by atoms with Gasteiger partial charge in [0.25, 0.3) is 0 Å². The van der Waals surface area contributed by atoms with Crippen LogP contribution in [0.15, 0.2) is 30.3 Å². The molecule has 196 valence electrons. The maximum Gasteiger partial charge on any atom is 0.202 e. The zero-order valence-corrected chi connectivity index (χ0v) is 21.1. The van der Waals surface area contributed by atoms with Gasteiger partial charge in [-0.15, -0.1) is 0 Å². The molecule has 1 fully saturated rings. The second-order valence-corrected chi connectivity index (χ2v) is 9.72. The number of halogens is 4. The zero-order valence-electron chi connectivity index (χ0n) is 21.1. The summed E-state index contributed by atoms with van der Waals surface area (Å²) >= 11 is 0. The molecule has 1 saturated carbocycles. The number of allylic oxidation sites excluding steroid dienone is 1. The Bertz CT molecular complexity index is 1090. The molecule has 2 unspecified atom stereocenters. The molecule has 36 heavy (non-hydrogen) atoms. The Balaban J connectivity index is 1.56. The van der Waals surface area contributed by atoms with E-state index in [9.17, 15) is 8.78 Å². The third-order valence-electron chi connectivity index (χ3n) is 7.58. The summed E-state index contributed by atoms with van der Waals surface area (Å²) < 4.78 is 75.9. The van der Waals surface area contributed by atoms with Gasteiger partial charge in [-0.3, -0.25) is 0 Å². The van der Waals surface area contributed by atoms with Crippen molar-refractivity contribution in [3.05, 3.63) is 59.2 Å². The SMILES string of the molecule is CCCC1CCC(C2CC=C(c3ccc(-c4ccc(OCC)c(F)c4F)c(F)c3F)OC2OC)CC1. The van der Waals surface area contributed by atoms with Gasteiger partial charge in [-0.2, -0.15) is 4.39 Å². The van der Waals surface area contributed by atoms with E-state index in [1.165, 1.54) is 49.9 Å². The number of methoxy groups -OCH3 is 1. The van der Waals surface area contributed by atoms with Crippen molar-refractivity contribution in [2.75, 3.05) is 13.7 Å². The summed E-state index contributed by atoms with van der Waals surface area (Å²) in [6.45, 7) is 4.00. The Morgan fingerprint density at radius 3 is 2.08 bits per heavy atom. The summed E-state index contributed by atoms with van der Waals surface area (Å²) in [6, 6.07) is 4.95. The molecule has 1 aliphatic heterocycles. The summed E-state index contributed by atoms with van der Waals surface area (Å²) in [4.78, 5) is 0. The molecule has 1 aliphatic carbocycles. The summed E-state index contributed by atoms with van der Waals surface area (Å²) in [5.41, 5.74) is -0.835. The van der Waals surface area contributed by atoms with Crippen molar-refractivity contribution in [1.82, 2.24) is 0 Å². The molecule has 3 nitrogen and oxygen atoms in total. The Labute approximate surface area is 210 Å². The number of rotatable bonds is 8. The summed E-state index contributed by atoms with van der Waals surface area (Å²) in [5, 5.41) is 0. The fourth-order valence-electron chi connectivity index (χ4n) is 5.69. The molecule has 0 amide bonds. The molecule has 0 saturated heterocycles. The van der Waals surface area contributed by atoms with Crippen LogP contribution in [-0.2, 0) is 9.47 Å². The average molecular weight is 507 g/mol. The first-order valence-electron chi connectivity index (χ1n) is 12.9. The van der Waals surface area contributed by atoms with Gasteiger partial charge < -0.3 is 14.2 Å². The van der Waals surface area contributed by atoms with Gasteiger partial charge >= 0.3 is 0 Å². The van der Waals surface area contributed by atoms with Crippen molar-refractivity contribution in [3.8, 4) is 16.9 Å². The molecular formula is C29H34F4O3. The fraction of sp³-hybridized carbons (Fsp3) is 0.517. The van der Waals surface area contributed by atoms with E-state index >= 15 is 8.78 Å². The van der Waals surface area contributed by atoms with Gasteiger partial charge in [0.05, 0.1) is 12.2 Å². The molecule has 0 aromatic heterocycles. The molecule has 2 aromatic rings. The van der Waals surface area contributed by atoms with E-state index in [1.807, 2.05) is 0 Å². The van der Waals surface area contributed by atoms with Gasteiger partial charge in [-0.05, 0) is 62.3 Å².